The van der Waals surface area contributed by atoms with E-state index in [0.29, 0.717) is 5.71 Å². The summed E-state index contributed by atoms with van der Waals surface area (Å²) < 4.78 is 11.7. The third-order valence-corrected chi connectivity index (χ3v) is 3.74. The number of methoxy groups -OCH3 is 1. The Labute approximate surface area is 130 Å². The normalized spacial score (nSPS) is 21.8. The summed E-state index contributed by atoms with van der Waals surface area (Å²) in [4.78, 5) is 16.0. The molecule has 4 nitrogen and oxygen atoms in total. The maximum Gasteiger partial charge on any atom is 0.312 e. The molecule has 5 heteroatoms. The smallest absolute Gasteiger partial charge is 0.312 e. The van der Waals surface area contributed by atoms with Crippen molar-refractivity contribution < 1.29 is 14.3 Å². The minimum atomic E-state index is -0.367. The Morgan fingerprint density at radius 1 is 1.38 bits per heavy atom. The highest BCUT2D eigenvalue weighted by Gasteiger charge is 2.26. The van der Waals surface area contributed by atoms with Crippen molar-refractivity contribution in [1.29, 1.82) is 0 Å². The van der Waals surface area contributed by atoms with E-state index in [4.69, 9.17) is 9.47 Å². The number of aliphatic imine (C=N–C) groups is 1. The van der Waals surface area contributed by atoms with Crippen LogP contribution in [0.5, 0.6) is 5.75 Å². The van der Waals surface area contributed by atoms with Crippen molar-refractivity contribution in [2.75, 3.05) is 7.11 Å². The molecule has 1 aromatic carbocycles. The van der Waals surface area contributed by atoms with E-state index >= 15 is 0 Å². The number of halogens is 1. The first-order chi connectivity index (χ1) is 10.2. The number of carbonyl (C=O) groups is 1. The first-order valence-electron chi connectivity index (χ1n) is 6.37. The Hall–Kier alpha value is -2.14. The van der Waals surface area contributed by atoms with Crippen molar-refractivity contribution in [3.63, 3.8) is 0 Å². The summed E-state index contributed by atoms with van der Waals surface area (Å²) in [5.41, 5.74) is 1.47. The van der Waals surface area contributed by atoms with E-state index in [0.717, 1.165) is 15.8 Å². The van der Waals surface area contributed by atoms with E-state index in [1.807, 2.05) is 36.4 Å². The largest absolute Gasteiger partial charge is 0.496 e. The molecule has 1 atom stereocenters. The lowest BCUT2D eigenvalue weighted by Gasteiger charge is -2.22. The van der Waals surface area contributed by atoms with Crippen LogP contribution < -0.4 is 4.74 Å². The molecule has 0 N–H and O–H groups in total. The van der Waals surface area contributed by atoms with Crippen molar-refractivity contribution in [2.24, 2.45) is 4.99 Å². The quantitative estimate of drug-likeness (QED) is 0.772. The molecule has 0 radical (unpaired) electrons. The monoisotopic (exact) mass is 345 g/mol. The zero-order valence-electron chi connectivity index (χ0n) is 11.2. The van der Waals surface area contributed by atoms with Crippen LogP contribution >= 0.6 is 15.9 Å². The Balaban J connectivity index is 1.92. The van der Waals surface area contributed by atoms with E-state index < -0.39 is 0 Å². The molecule has 21 heavy (non-hydrogen) atoms. The molecule has 3 rings (SSSR count). The highest BCUT2D eigenvalue weighted by Crippen LogP contribution is 2.27. The third-order valence-electron chi connectivity index (χ3n) is 3.12. The summed E-state index contributed by atoms with van der Waals surface area (Å²) in [6.07, 6.45) is 8.74. The summed E-state index contributed by atoms with van der Waals surface area (Å²) >= 11 is 3.41. The molecule has 0 fully saturated rings. The second-order valence-electron chi connectivity index (χ2n) is 4.53. The van der Waals surface area contributed by atoms with Crippen LogP contribution in [0.25, 0.3) is 6.08 Å². The molecule has 1 aromatic rings. The molecule has 1 aliphatic carbocycles. The number of carbonyl (C=O) groups excluding carboxylic acids is 1. The van der Waals surface area contributed by atoms with Gasteiger partial charge in [0.15, 0.2) is 11.9 Å². The Bertz CT molecular complexity index is 716. The molecule has 0 aromatic heterocycles. The van der Waals surface area contributed by atoms with Gasteiger partial charge < -0.3 is 9.47 Å². The minimum Gasteiger partial charge on any atom is -0.496 e. The van der Waals surface area contributed by atoms with Gasteiger partial charge in [-0.1, -0.05) is 18.2 Å². The number of nitrogens with zero attached hydrogens (tertiary/aromatic N) is 1. The van der Waals surface area contributed by atoms with Crippen molar-refractivity contribution in [3.8, 4) is 5.75 Å². The van der Waals surface area contributed by atoms with Gasteiger partial charge in [0, 0.05) is 0 Å². The van der Waals surface area contributed by atoms with Crippen molar-refractivity contribution in [3.05, 3.63) is 58.3 Å². The zero-order valence-corrected chi connectivity index (χ0v) is 12.8. The maximum absolute atomic E-state index is 12.0. The molecule has 0 bridgehead atoms. The van der Waals surface area contributed by atoms with Gasteiger partial charge in [-0.25, -0.2) is 4.99 Å². The lowest BCUT2D eigenvalue weighted by Crippen LogP contribution is -2.29. The van der Waals surface area contributed by atoms with Crippen LogP contribution in [0.2, 0.25) is 0 Å². The first-order valence-corrected chi connectivity index (χ1v) is 7.16. The second-order valence-corrected chi connectivity index (χ2v) is 5.38. The fraction of sp³-hybridized carbons (Fsp3) is 0.125. The second kappa shape index (κ2) is 5.69. The highest BCUT2D eigenvalue weighted by molar-refractivity contribution is 9.10. The zero-order chi connectivity index (χ0) is 14.8. The van der Waals surface area contributed by atoms with Gasteiger partial charge in [-0.05, 0) is 51.9 Å². The number of hydrogen-bond acceptors (Lipinski definition) is 3. The first kappa shape index (κ1) is 13.8. The molecule has 0 saturated carbocycles. The summed E-state index contributed by atoms with van der Waals surface area (Å²) in [5.74, 6) is 0.600. The predicted molar refractivity (Wildman–Crippen MR) is 84.3 cm³/mol. The molecule has 0 saturated heterocycles. The maximum atomic E-state index is 12.0. The van der Waals surface area contributed by atoms with E-state index in [1.54, 1.807) is 19.3 Å². The SMILES string of the molecule is COc1ccc(/C=C2/OC3C=CC=CC3=NC2=O)cc1Br. The number of benzene rings is 1. The molecule has 1 heterocycles. The summed E-state index contributed by atoms with van der Waals surface area (Å²) in [6, 6.07) is 5.53. The van der Waals surface area contributed by atoms with Gasteiger partial charge in [-0.3, -0.25) is 4.79 Å². The van der Waals surface area contributed by atoms with Gasteiger partial charge in [-0.2, -0.15) is 0 Å². The average molecular weight is 346 g/mol. The number of allylic oxidation sites excluding steroid dienone is 2. The fourth-order valence-electron chi connectivity index (χ4n) is 2.09. The molecular weight excluding hydrogens is 334 g/mol. The lowest BCUT2D eigenvalue weighted by atomic mass is 10.1. The molecular formula is C16H12BrNO3. The molecule has 1 unspecified atom stereocenters. The van der Waals surface area contributed by atoms with Crippen molar-refractivity contribution in [2.45, 2.75) is 6.10 Å². The molecule has 2 aliphatic rings. The van der Waals surface area contributed by atoms with Gasteiger partial charge in [-0.15, -0.1) is 0 Å². The van der Waals surface area contributed by atoms with E-state index in [2.05, 4.69) is 20.9 Å². The third kappa shape index (κ3) is 2.83. The Morgan fingerprint density at radius 3 is 3.00 bits per heavy atom. The molecule has 0 spiro atoms. The topological polar surface area (TPSA) is 47.9 Å². The van der Waals surface area contributed by atoms with Crippen LogP contribution in [0, 0.1) is 0 Å². The van der Waals surface area contributed by atoms with Crippen LogP contribution in [0.1, 0.15) is 5.56 Å². The van der Waals surface area contributed by atoms with Crippen molar-refractivity contribution in [1.82, 2.24) is 0 Å². The van der Waals surface area contributed by atoms with Gasteiger partial charge in [0.05, 0.1) is 17.3 Å². The molecule has 1 amide bonds. The summed E-state index contributed by atoms with van der Waals surface area (Å²) in [5, 5.41) is 0. The van der Waals surface area contributed by atoms with Crippen LogP contribution in [0.4, 0.5) is 0 Å². The number of rotatable bonds is 2. The van der Waals surface area contributed by atoms with Crippen LogP contribution in [0.15, 0.2) is 57.7 Å². The van der Waals surface area contributed by atoms with E-state index in [-0.39, 0.29) is 17.8 Å². The number of hydrogen-bond donors (Lipinski definition) is 0. The van der Waals surface area contributed by atoms with E-state index in [9.17, 15) is 4.79 Å². The Morgan fingerprint density at radius 2 is 2.24 bits per heavy atom. The van der Waals surface area contributed by atoms with E-state index in [1.165, 1.54) is 0 Å². The lowest BCUT2D eigenvalue weighted by molar-refractivity contribution is -0.118. The summed E-state index contributed by atoms with van der Waals surface area (Å²) in [6.45, 7) is 0. The highest BCUT2D eigenvalue weighted by atomic mass is 79.9. The van der Waals surface area contributed by atoms with Gasteiger partial charge in [0.25, 0.3) is 0 Å². The van der Waals surface area contributed by atoms with Gasteiger partial charge >= 0.3 is 5.91 Å². The van der Waals surface area contributed by atoms with Crippen LogP contribution in [-0.2, 0) is 9.53 Å². The summed E-state index contributed by atoms with van der Waals surface area (Å²) in [7, 11) is 1.60. The number of amides is 1. The Kier molecular flexibility index (Phi) is 3.75. The fourth-order valence-corrected chi connectivity index (χ4v) is 2.65. The van der Waals surface area contributed by atoms with Crippen molar-refractivity contribution >= 4 is 33.6 Å². The van der Waals surface area contributed by atoms with Gasteiger partial charge in [0.1, 0.15) is 5.75 Å². The average Bonchev–Trinajstić information content (AvgIpc) is 2.48. The van der Waals surface area contributed by atoms with Gasteiger partial charge in [0.2, 0.25) is 0 Å². The molecule has 106 valence electrons. The number of ether oxygens (including phenoxy) is 2. The van der Waals surface area contributed by atoms with Crippen LogP contribution in [0.3, 0.4) is 0 Å². The molecule has 1 aliphatic heterocycles. The predicted octanol–water partition coefficient (Wildman–Crippen LogP) is 3.29. The van der Waals surface area contributed by atoms with Crippen LogP contribution in [-0.4, -0.2) is 24.8 Å². The number of fused-ring (bicyclic) bond motifs is 1. The minimum absolute atomic E-state index is 0.237. The standard InChI is InChI=1S/C16H12BrNO3/c1-20-13-7-6-10(8-11(13)17)9-15-16(19)18-12-4-2-3-5-14(12)21-15/h2-9,14H,1H3/b15-9+.